The summed E-state index contributed by atoms with van der Waals surface area (Å²) >= 11 is 1.53. The minimum Gasteiger partial charge on any atom is -0.508 e. The van der Waals surface area contributed by atoms with Gasteiger partial charge >= 0.3 is 0 Å². The molecule has 0 atom stereocenters. The van der Waals surface area contributed by atoms with E-state index in [-0.39, 0.29) is 11.5 Å². The van der Waals surface area contributed by atoms with Crippen molar-refractivity contribution in [2.45, 2.75) is 26.8 Å². The smallest absolute Gasteiger partial charge is 0.205 e. The fourth-order valence-corrected chi connectivity index (χ4v) is 2.58. The van der Waals surface area contributed by atoms with Crippen molar-refractivity contribution in [2.75, 3.05) is 5.32 Å². The van der Waals surface area contributed by atoms with Crippen LogP contribution in [-0.4, -0.2) is 20.4 Å². The molecule has 1 aromatic carbocycles. The molecule has 0 radical (unpaired) electrons. The maximum atomic E-state index is 9.66. The lowest BCUT2D eigenvalue weighted by Gasteiger charge is -2.05. The number of aromatic hydroxyl groups is 2. The normalized spacial score (nSPS) is 10.9. The van der Waals surface area contributed by atoms with Crippen LogP contribution < -0.4 is 5.32 Å². The zero-order chi connectivity index (χ0) is 13.8. The van der Waals surface area contributed by atoms with E-state index in [1.807, 2.05) is 0 Å². The van der Waals surface area contributed by atoms with E-state index in [1.54, 1.807) is 12.1 Å². The summed E-state index contributed by atoms with van der Waals surface area (Å²) in [4.78, 5) is 0. The molecule has 3 N–H and O–H groups in total. The Hall–Kier alpha value is -1.82. The van der Waals surface area contributed by atoms with Crippen LogP contribution in [0.1, 0.15) is 24.4 Å². The minimum absolute atomic E-state index is 0.0522. The van der Waals surface area contributed by atoms with E-state index in [2.05, 4.69) is 29.4 Å². The highest BCUT2D eigenvalue weighted by Crippen LogP contribution is 2.24. The van der Waals surface area contributed by atoms with Crippen molar-refractivity contribution in [3.63, 3.8) is 0 Å². The number of phenols is 2. The number of nitrogens with zero attached hydrogens (tertiary/aromatic N) is 2. The van der Waals surface area contributed by atoms with E-state index in [1.165, 1.54) is 17.4 Å². The van der Waals surface area contributed by atoms with Gasteiger partial charge < -0.3 is 15.5 Å². The molecule has 0 aliphatic rings. The van der Waals surface area contributed by atoms with Gasteiger partial charge in [0.1, 0.15) is 16.5 Å². The van der Waals surface area contributed by atoms with Crippen LogP contribution in [0, 0.1) is 5.92 Å². The molecule has 102 valence electrons. The summed E-state index contributed by atoms with van der Waals surface area (Å²) in [5.74, 6) is 0.678. The summed E-state index contributed by atoms with van der Waals surface area (Å²) in [5, 5.41) is 31.9. The Bertz CT molecular complexity index is 555. The van der Waals surface area contributed by atoms with Crippen LogP contribution in [-0.2, 0) is 13.0 Å². The molecular weight excluding hydrogens is 262 g/mol. The molecule has 0 amide bonds. The molecular formula is C13H17N3O2S. The average molecular weight is 279 g/mol. The van der Waals surface area contributed by atoms with E-state index in [9.17, 15) is 10.2 Å². The van der Waals surface area contributed by atoms with Crippen molar-refractivity contribution < 1.29 is 10.2 Å². The number of phenolic OH excluding ortho intramolecular Hbond substituents is 2. The Balaban J connectivity index is 1.96. The van der Waals surface area contributed by atoms with Gasteiger partial charge in [-0.05, 0) is 18.1 Å². The zero-order valence-electron chi connectivity index (χ0n) is 10.9. The molecule has 0 aliphatic carbocycles. The predicted octanol–water partition coefficient (Wildman–Crippen LogP) is 2.76. The summed E-state index contributed by atoms with van der Waals surface area (Å²) in [6.07, 6.45) is 0.920. The molecule has 1 heterocycles. The molecule has 0 bridgehead atoms. The van der Waals surface area contributed by atoms with Crippen LogP contribution in [0.25, 0.3) is 0 Å². The molecule has 1 aromatic heterocycles. The van der Waals surface area contributed by atoms with Gasteiger partial charge in [0, 0.05) is 24.6 Å². The Labute approximate surface area is 115 Å². The number of aromatic nitrogens is 2. The lowest BCUT2D eigenvalue weighted by molar-refractivity contribution is 0.446. The van der Waals surface area contributed by atoms with Gasteiger partial charge in [-0.2, -0.15) is 0 Å². The third-order valence-electron chi connectivity index (χ3n) is 2.55. The number of rotatable bonds is 5. The SMILES string of the molecule is CC(C)Cc1nnc(NCc2ccc(O)cc2O)s1. The van der Waals surface area contributed by atoms with Gasteiger partial charge in [-0.15, -0.1) is 10.2 Å². The molecule has 0 saturated heterocycles. The third kappa shape index (κ3) is 3.82. The second-order valence-corrected chi connectivity index (χ2v) is 5.83. The van der Waals surface area contributed by atoms with Crippen LogP contribution in [0.4, 0.5) is 5.13 Å². The average Bonchev–Trinajstić information content (AvgIpc) is 2.74. The van der Waals surface area contributed by atoms with Gasteiger partial charge in [-0.1, -0.05) is 25.2 Å². The maximum Gasteiger partial charge on any atom is 0.205 e. The molecule has 2 rings (SSSR count). The van der Waals surface area contributed by atoms with E-state index >= 15 is 0 Å². The van der Waals surface area contributed by atoms with E-state index in [4.69, 9.17) is 0 Å². The molecule has 19 heavy (non-hydrogen) atoms. The van der Waals surface area contributed by atoms with Crippen LogP contribution in [0.15, 0.2) is 18.2 Å². The highest BCUT2D eigenvalue weighted by molar-refractivity contribution is 7.15. The summed E-state index contributed by atoms with van der Waals surface area (Å²) in [5.41, 5.74) is 0.707. The second-order valence-electron chi connectivity index (χ2n) is 4.77. The second kappa shape index (κ2) is 5.88. The molecule has 0 fully saturated rings. The Kier molecular flexibility index (Phi) is 4.21. The van der Waals surface area contributed by atoms with Gasteiger partial charge in [0.2, 0.25) is 5.13 Å². The fraction of sp³-hybridized carbons (Fsp3) is 0.385. The van der Waals surface area contributed by atoms with Crippen LogP contribution in [0.2, 0.25) is 0 Å². The summed E-state index contributed by atoms with van der Waals surface area (Å²) in [6, 6.07) is 4.54. The molecule has 6 heteroatoms. The van der Waals surface area contributed by atoms with E-state index in [0.29, 0.717) is 18.0 Å². The van der Waals surface area contributed by atoms with Gasteiger partial charge in [0.05, 0.1) is 0 Å². The van der Waals surface area contributed by atoms with Crippen molar-refractivity contribution in [3.8, 4) is 11.5 Å². The van der Waals surface area contributed by atoms with E-state index < -0.39 is 0 Å². The summed E-state index contributed by atoms with van der Waals surface area (Å²) in [6.45, 7) is 4.73. The van der Waals surface area contributed by atoms with Crippen LogP contribution >= 0.6 is 11.3 Å². The number of benzene rings is 1. The molecule has 2 aromatic rings. The van der Waals surface area contributed by atoms with Crippen molar-refractivity contribution in [1.82, 2.24) is 10.2 Å². The van der Waals surface area contributed by atoms with Gasteiger partial charge in [0.25, 0.3) is 0 Å². The molecule has 0 aliphatic heterocycles. The Morgan fingerprint density at radius 2 is 2.05 bits per heavy atom. The first-order valence-corrected chi connectivity index (χ1v) is 6.93. The number of anilines is 1. The lowest BCUT2D eigenvalue weighted by atomic mass is 10.1. The third-order valence-corrected chi connectivity index (χ3v) is 3.45. The number of hydrogen-bond donors (Lipinski definition) is 3. The Morgan fingerprint density at radius 3 is 2.74 bits per heavy atom. The molecule has 0 saturated carbocycles. The number of nitrogens with one attached hydrogen (secondary N) is 1. The van der Waals surface area contributed by atoms with E-state index in [0.717, 1.165) is 16.6 Å². The monoisotopic (exact) mass is 279 g/mol. The van der Waals surface area contributed by atoms with Crippen molar-refractivity contribution >= 4 is 16.5 Å². The first kappa shape index (κ1) is 13.6. The van der Waals surface area contributed by atoms with Crippen molar-refractivity contribution in [2.24, 2.45) is 5.92 Å². The molecule has 0 unspecified atom stereocenters. The highest BCUT2D eigenvalue weighted by atomic mass is 32.1. The number of hydrogen-bond acceptors (Lipinski definition) is 6. The predicted molar refractivity (Wildman–Crippen MR) is 75.5 cm³/mol. The fourth-order valence-electron chi connectivity index (χ4n) is 1.63. The van der Waals surface area contributed by atoms with Gasteiger partial charge in [0.15, 0.2) is 0 Å². The Morgan fingerprint density at radius 1 is 1.26 bits per heavy atom. The van der Waals surface area contributed by atoms with Crippen LogP contribution in [0.5, 0.6) is 11.5 Å². The zero-order valence-corrected chi connectivity index (χ0v) is 11.7. The summed E-state index contributed by atoms with van der Waals surface area (Å²) in [7, 11) is 0. The van der Waals surface area contributed by atoms with Gasteiger partial charge in [-0.25, -0.2) is 0 Å². The minimum atomic E-state index is 0.0522. The highest BCUT2D eigenvalue weighted by Gasteiger charge is 2.07. The van der Waals surface area contributed by atoms with Crippen LogP contribution in [0.3, 0.4) is 0 Å². The van der Waals surface area contributed by atoms with Crippen molar-refractivity contribution in [3.05, 3.63) is 28.8 Å². The largest absolute Gasteiger partial charge is 0.508 e. The topological polar surface area (TPSA) is 78.3 Å². The van der Waals surface area contributed by atoms with Crippen molar-refractivity contribution in [1.29, 1.82) is 0 Å². The standard InChI is InChI=1S/C13H17N3O2S/c1-8(2)5-12-15-16-13(19-12)14-7-9-3-4-10(17)6-11(9)18/h3-4,6,8,17-18H,5,7H2,1-2H3,(H,14,16). The molecule has 5 nitrogen and oxygen atoms in total. The first-order valence-electron chi connectivity index (χ1n) is 6.11. The quantitative estimate of drug-likeness (QED) is 0.784. The lowest BCUT2D eigenvalue weighted by Crippen LogP contribution is -1.99. The maximum absolute atomic E-state index is 9.66. The summed E-state index contributed by atoms with van der Waals surface area (Å²) < 4.78 is 0. The molecule has 0 spiro atoms. The van der Waals surface area contributed by atoms with Gasteiger partial charge in [-0.3, -0.25) is 0 Å². The first-order chi connectivity index (χ1) is 9.04.